The van der Waals surface area contributed by atoms with Crippen molar-refractivity contribution in [3.63, 3.8) is 0 Å². The molecular formula is C57H81ClN12O6S2. The van der Waals surface area contributed by atoms with Gasteiger partial charge in [-0.3, -0.25) is 28.9 Å². The van der Waals surface area contributed by atoms with E-state index in [1.807, 2.05) is 75.4 Å². The maximum Gasteiger partial charge on any atom is 0.246 e. The molecule has 3 aliphatic rings. The summed E-state index contributed by atoms with van der Waals surface area (Å²) in [6, 6.07) is 11.3. The number of piperazine rings is 1. The van der Waals surface area contributed by atoms with Gasteiger partial charge in [0.2, 0.25) is 29.5 Å². The Bertz CT molecular complexity index is 2680. The summed E-state index contributed by atoms with van der Waals surface area (Å²) in [6.45, 7) is 17.0. The maximum atomic E-state index is 14.1. The third-order valence-electron chi connectivity index (χ3n) is 15.2. The van der Waals surface area contributed by atoms with Crippen LogP contribution in [0.4, 0.5) is 17.3 Å². The number of hydrogen-bond donors (Lipinski definition) is 6. The van der Waals surface area contributed by atoms with E-state index in [-0.39, 0.29) is 66.9 Å². The van der Waals surface area contributed by atoms with E-state index in [2.05, 4.69) is 47.6 Å². The van der Waals surface area contributed by atoms with Crippen molar-refractivity contribution in [1.29, 1.82) is 0 Å². The predicted molar refractivity (Wildman–Crippen MR) is 310 cm³/mol. The van der Waals surface area contributed by atoms with Gasteiger partial charge < -0.3 is 47.2 Å². The molecule has 0 bridgehead atoms. The molecule has 0 spiro atoms. The summed E-state index contributed by atoms with van der Waals surface area (Å²) in [5, 5.41) is 20.5. The molecule has 21 heteroatoms. The van der Waals surface area contributed by atoms with Crippen molar-refractivity contribution in [2.75, 3.05) is 68.3 Å². The molecule has 5 amide bonds. The first-order valence-electron chi connectivity index (χ1n) is 27.7. The van der Waals surface area contributed by atoms with Crippen molar-refractivity contribution in [2.24, 2.45) is 11.1 Å². The Hall–Kier alpha value is -5.38. The average molecular weight is 1130 g/mol. The molecule has 78 heavy (non-hydrogen) atoms. The van der Waals surface area contributed by atoms with Crippen molar-refractivity contribution in [3.05, 3.63) is 70.5 Å². The number of benzene rings is 2. The van der Waals surface area contributed by atoms with E-state index in [0.717, 1.165) is 106 Å². The number of aliphatic hydroxyl groups excluding tert-OH is 1. The van der Waals surface area contributed by atoms with E-state index >= 15 is 0 Å². The molecule has 0 aliphatic carbocycles. The highest BCUT2D eigenvalue weighted by Gasteiger charge is 2.45. The van der Waals surface area contributed by atoms with Gasteiger partial charge in [0, 0.05) is 81.9 Å². The molecule has 4 aromatic rings. The van der Waals surface area contributed by atoms with Gasteiger partial charge in [-0.2, -0.15) is 0 Å². The first-order valence-corrected chi connectivity index (χ1v) is 29.7. The van der Waals surface area contributed by atoms with E-state index in [1.165, 1.54) is 16.7 Å². The van der Waals surface area contributed by atoms with E-state index in [0.29, 0.717) is 58.2 Å². The monoisotopic (exact) mass is 1130 g/mol. The van der Waals surface area contributed by atoms with Crippen LogP contribution in [-0.4, -0.2) is 140 Å². The van der Waals surface area contributed by atoms with Crippen LogP contribution in [0.5, 0.6) is 0 Å². The third kappa shape index (κ3) is 16.8. The number of β-amino-alcohol motifs (C(OH)–C–C–N with tert-alkyl or cyclic N) is 1. The zero-order valence-electron chi connectivity index (χ0n) is 46.3. The van der Waals surface area contributed by atoms with Crippen LogP contribution in [0.25, 0.3) is 10.4 Å². The number of anilines is 3. The second kappa shape index (κ2) is 27.7. The number of piperidine rings is 1. The van der Waals surface area contributed by atoms with Crippen LogP contribution in [0.15, 0.2) is 64.1 Å². The molecule has 2 aromatic carbocycles. The normalized spacial score (nSPS) is 18.6. The average Bonchev–Trinajstić information content (AvgIpc) is 4.06. The van der Waals surface area contributed by atoms with Gasteiger partial charge in [0.1, 0.15) is 22.9 Å². The molecule has 18 nitrogen and oxygen atoms in total. The summed E-state index contributed by atoms with van der Waals surface area (Å²) in [6.07, 6.45) is 10.1. The first-order chi connectivity index (χ1) is 37.1. The number of rotatable bonds is 23. The SMILES string of the molecule is Cc1ncsc1-c1ccc(C(C)NC(=O)C2CC(O)CN2C(=O)C(NC(=O)CCCCCCCCCN2CCN(C(=O)CCC(=O)Nc3cccc(Sc4ncc(N5CCC(C)(N)CC5)nc4N)c3Cl)CC2)C(C)(C)C)cc1. The van der Waals surface area contributed by atoms with Gasteiger partial charge in [0.05, 0.1) is 45.1 Å². The summed E-state index contributed by atoms with van der Waals surface area (Å²) in [4.78, 5) is 90.3. The zero-order valence-corrected chi connectivity index (χ0v) is 48.7. The molecule has 8 N–H and O–H groups in total. The van der Waals surface area contributed by atoms with Crippen LogP contribution in [0.2, 0.25) is 5.02 Å². The summed E-state index contributed by atoms with van der Waals surface area (Å²) in [5.74, 6) is -0.229. The number of amides is 5. The van der Waals surface area contributed by atoms with Gasteiger partial charge in [-0.05, 0) is 81.7 Å². The second-order valence-electron chi connectivity index (χ2n) is 22.7. The second-order valence-corrected chi connectivity index (χ2v) is 24.9. The van der Waals surface area contributed by atoms with E-state index < -0.39 is 23.6 Å². The van der Waals surface area contributed by atoms with E-state index in [1.54, 1.807) is 29.7 Å². The number of nitrogens with one attached hydrogen (secondary N) is 3. The van der Waals surface area contributed by atoms with Crippen LogP contribution in [0.3, 0.4) is 0 Å². The highest BCUT2D eigenvalue weighted by Crippen LogP contribution is 2.39. The molecule has 2 aromatic heterocycles. The lowest BCUT2D eigenvalue weighted by Crippen LogP contribution is -2.57. The van der Waals surface area contributed by atoms with Crippen molar-refractivity contribution in [2.45, 2.75) is 165 Å². The van der Waals surface area contributed by atoms with Gasteiger partial charge in [-0.25, -0.2) is 15.0 Å². The molecule has 4 atom stereocenters. The van der Waals surface area contributed by atoms with Crippen LogP contribution in [0.1, 0.15) is 135 Å². The molecular weight excluding hydrogens is 1050 g/mol. The number of halogens is 1. The number of nitrogen functional groups attached to an aromatic ring is 1. The lowest BCUT2D eigenvalue weighted by molar-refractivity contribution is -0.144. The number of carbonyl (C=O) groups excluding carboxylic acids is 5. The smallest absolute Gasteiger partial charge is 0.246 e. The van der Waals surface area contributed by atoms with Gasteiger partial charge in [0.15, 0.2) is 5.82 Å². The lowest BCUT2D eigenvalue weighted by atomic mass is 9.85. The molecule has 0 radical (unpaired) electrons. The van der Waals surface area contributed by atoms with Crippen molar-refractivity contribution >= 4 is 81.6 Å². The number of aromatic nitrogens is 3. The molecule has 3 aliphatic heterocycles. The highest BCUT2D eigenvalue weighted by molar-refractivity contribution is 7.99. The van der Waals surface area contributed by atoms with Crippen LogP contribution in [-0.2, 0) is 24.0 Å². The fourth-order valence-electron chi connectivity index (χ4n) is 10.2. The maximum absolute atomic E-state index is 14.1. The van der Waals surface area contributed by atoms with Gasteiger partial charge >= 0.3 is 0 Å². The Morgan fingerprint density at radius 2 is 1.56 bits per heavy atom. The minimum absolute atomic E-state index is 0.0221. The Morgan fingerprint density at radius 1 is 0.885 bits per heavy atom. The minimum atomic E-state index is -0.863. The van der Waals surface area contributed by atoms with Crippen LogP contribution >= 0.6 is 34.7 Å². The number of likely N-dealkylation sites (tertiary alicyclic amines) is 1. The molecule has 4 unspecified atom stereocenters. The highest BCUT2D eigenvalue weighted by atomic mass is 35.5. The molecule has 3 saturated heterocycles. The van der Waals surface area contributed by atoms with Crippen molar-refractivity contribution in [1.82, 2.24) is 40.3 Å². The fraction of sp³-hybridized carbons (Fsp3) is 0.579. The summed E-state index contributed by atoms with van der Waals surface area (Å²) >= 11 is 9.61. The summed E-state index contributed by atoms with van der Waals surface area (Å²) in [5.41, 5.74) is 17.0. The molecule has 3 fully saturated rings. The van der Waals surface area contributed by atoms with Crippen molar-refractivity contribution in [3.8, 4) is 10.4 Å². The minimum Gasteiger partial charge on any atom is -0.391 e. The Morgan fingerprint density at radius 3 is 2.22 bits per heavy atom. The summed E-state index contributed by atoms with van der Waals surface area (Å²) in [7, 11) is 0. The molecule has 7 rings (SSSR count). The molecule has 0 saturated carbocycles. The third-order valence-corrected chi connectivity index (χ3v) is 17.7. The molecule has 424 valence electrons. The topological polar surface area (TPSA) is 245 Å². The Balaban J connectivity index is 0.734. The number of thiazole rings is 1. The number of unbranched alkanes of at least 4 members (excludes halogenated alkanes) is 6. The van der Waals surface area contributed by atoms with E-state index in [4.69, 9.17) is 23.1 Å². The molecule has 5 heterocycles. The van der Waals surface area contributed by atoms with Crippen LogP contribution < -0.4 is 32.3 Å². The number of aryl methyl sites for hydroxylation is 1. The number of nitrogens with two attached hydrogens (primary N) is 2. The van der Waals surface area contributed by atoms with Gasteiger partial charge in [-0.15, -0.1) is 11.3 Å². The number of hydrogen-bond acceptors (Lipinski definition) is 15. The number of aliphatic hydroxyl groups is 1. The predicted octanol–water partition coefficient (Wildman–Crippen LogP) is 7.97. The standard InChI is InChI=1S/C57H81ClN12O6S2/c1-37(39-18-20-40(21-19-39)50-38(2)62-36-77-50)63-53(75)43-33-41(71)35-70(43)55(76)51(56(3,4)5)66-46(72)17-12-10-8-7-9-11-13-26-67-29-31-69(32-30-67)48(74)23-22-47(73)64-42-15-14-16-44(49(42)58)78-54-52(59)65-45(34-61-54)68-27-24-57(6,60)25-28-68/h14-16,18-21,34,36-37,41,43,51,71H,7-13,17,22-33,35,60H2,1-6H3,(H2,59,65)(H,63,75)(H,64,73)(H,66,72). The first kappa shape index (κ1) is 60.3. The summed E-state index contributed by atoms with van der Waals surface area (Å²) < 4.78 is 0. The number of carbonyl (C=O) groups is 5. The van der Waals surface area contributed by atoms with Gasteiger partial charge in [0.25, 0.3) is 0 Å². The van der Waals surface area contributed by atoms with Gasteiger partial charge in [-0.1, -0.05) is 107 Å². The largest absolute Gasteiger partial charge is 0.391 e. The lowest BCUT2D eigenvalue weighted by Gasteiger charge is -2.37. The number of nitrogens with zero attached hydrogens (tertiary/aromatic N) is 7. The van der Waals surface area contributed by atoms with Crippen LogP contribution in [0, 0.1) is 12.3 Å². The van der Waals surface area contributed by atoms with Crippen molar-refractivity contribution < 1.29 is 29.1 Å². The van der Waals surface area contributed by atoms with E-state index in [9.17, 15) is 29.1 Å². The Kier molecular flexibility index (Phi) is 21.4. The fourth-order valence-corrected chi connectivity index (χ4v) is 12.1. The quantitative estimate of drug-likeness (QED) is 0.0386. The Labute approximate surface area is 473 Å². The zero-order chi connectivity index (χ0) is 56.1.